The Hall–Kier alpha value is -3.28. The van der Waals surface area contributed by atoms with E-state index in [2.05, 4.69) is 15.3 Å². The van der Waals surface area contributed by atoms with E-state index < -0.39 is 0 Å². The molecule has 0 saturated carbocycles. The number of amides is 1. The number of fused-ring (bicyclic) bond motifs is 3. The number of ketones is 2. The van der Waals surface area contributed by atoms with Crippen LogP contribution >= 0.6 is 0 Å². The lowest BCUT2D eigenvalue weighted by Crippen LogP contribution is -2.23. The maximum atomic E-state index is 12.6. The minimum absolute atomic E-state index is 0.0598. The molecule has 0 unspecified atom stereocenters. The Labute approximate surface area is 143 Å². The molecule has 1 aliphatic rings. The summed E-state index contributed by atoms with van der Waals surface area (Å²) in [6.45, 7) is 0.321. The molecule has 0 radical (unpaired) electrons. The zero-order chi connectivity index (χ0) is 17.4. The Balaban J connectivity index is 1.76. The zero-order valence-electron chi connectivity index (χ0n) is 13.3. The van der Waals surface area contributed by atoms with Crippen LogP contribution in [0, 0.1) is 0 Å². The number of nitrogens with one attached hydrogen (secondary N) is 2. The van der Waals surface area contributed by atoms with Crippen molar-refractivity contribution in [3.63, 3.8) is 0 Å². The van der Waals surface area contributed by atoms with Crippen molar-refractivity contribution < 1.29 is 14.4 Å². The fourth-order valence-corrected chi connectivity index (χ4v) is 3.12. The van der Waals surface area contributed by atoms with Crippen LogP contribution < -0.4 is 5.32 Å². The van der Waals surface area contributed by atoms with Gasteiger partial charge in [-0.2, -0.15) is 0 Å². The van der Waals surface area contributed by atoms with E-state index in [9.17, 15) is 14.4 Å². The van der Waals surface area contributed by atoms with Crippen molar-refractivity contribution in [1.82, 2.24) is 15.3 Å². The largest absolute Gasteiger partial charge is 0.350 e. The van der Waals surface area contributed by atoms with E-state index >= 15 is 0 Å². The number of nitrogens with zero attached hydrogens (tertiary/aromatic N) is 1. The van der Waals surface area contributed by atoms with E-state index in [0.29, 0.717) is 28.6 Å². The van der Waals surface area contributed by atoms with Gasteiger partial charge in [0.05, 0.1) is 5.56 Å². The average molecular weight is 333 g/mol. The number of aromatic nitrogens is 2. The van der Waals surface area contributed by atoms with Crippen molar-refractivity contribution in [1.29, 1.82) is 0 Å². The molecule has 1 amide bonds. The van der Waals surface area contributed by atoms with Gasteiger partial charge in [0.2, 0.25) is 0 Å². The molecule has 124 valence electrons. The molecule has 6 nitrogen and oxygen atoms in total. The van der Waals surface area contributed by atoms with E-state index in [4.69, 9.17) is 0 Å². The van der Waals surface area contributed by atoms with Crippen molar-refractivity contribution in [2.75, 3.05) is 6.54 Å². The molecule has 1 aliphatic heterocycles. The van der Waals surface area contributed by atoms with Crippen LogP contribution in [0.4, 0.5) is 0 Å². The molecule has 0 spiro atoms. The number of H-pyrrole nitrogens is 1. The monoisotopic (exact) mass is 333 g/mol. The fraction of sp³-hybridized carbons (Fsp3) is 0.158. The second kappa shape index (κ2) is 5.98. The molecule has 2 aromatic heterocycles. The Bertz CT molecular complexity index is 1010. The molecule has 6 heteroatoms. The van der Waals surface area contributed by atoms with Crippen LogP contribution in [0.5, 0.6) is 0 Å². The van der Waals surface area contributed by atoms with Crippen LogP contribution in [-0.4, -0.2) is 34.0 Å². The number of aromatic amines is 1. The number of carbonyl (C=O) groups excluding carboxylic acids is 3. The van der Waals surface area contributed by atoms with Crippen LogP contribution in [0.3, 0.4) is 0 Å². The number of pyridine rings is 1. The van der Waals surface area contributed by atoms with Gasteiger partial charge in [0.25, 0.3) is 5.91 Å². The van der Waals surface area contributed by atoms with Crippen LogP contribution in [0.2, 0.25) is 0 Å². The minimum Gasteiger partial charge on any atom is -0.350 e. The van der Waals surface area contributed by atoms with Crippen molar-refractivity contribution in [3.05, 3.63) is 65.1 Å². The molecule has 0 saturated heterocycles. The van der Waals surface area contributed by atoms with Gasteiger partial charge in [-0.3, -0.25) is 19.4 Å². The Morgan fingerprint density at radius 2 is 2.08 bits per heavy atom. The number of carbonyl (C=O) groups is 3. The highest BCUT2D eigenvalue weighted by molar-refractivity contribution is 6.18. The van der Waals surface area contributed by atoms with E-state index in [1.807, 2.05) is 6.07 Å². The van der Waals surface area contributed by atoms with Gasteiger partial charge in [-0.05, 0) is 29.8 Å². The second-order valence-electron chi connectivity index (χ2n) is 6.03. The molecule has 1 aromatic carbocycles. The number of hydrogen-bond acceptors (Lipinski definition) is 4. The summed E-state index contributed by atoms with van der Waals surface area (Å²) in [5.74, 6) is -0.452. The van der Waals surface area contributed by atoms with Gasteiger partial charge in [0.1, 0.15) is 5.69 Å². The summed E-state index contributed by atoms with van der Waals surface area (Å²) in [4.78, 5) is 44.1. The predicted molar refractivity (Wildman–Crippen MR) is 91.9 cm³/mol. The van der Waals surface area contributed by atoms with Crippen molar-refractivity contribution >= 4 is 28.4 Å². The molecule has 0 atom stereocenters. The third-order valence-electron chi connectivity index (χ3n) is 4.35. The van der Waals surface area contributed by atoms with Gasteiger partial charge in [0, 0.05) is 48.2 Å². The molecule has 2 N–H and O–H groups in total. The van der Waals surface area contributed by atoms with Crippen LogP contribution in [-0.2, 0) is 6.42 Å². The third kappa shape index (κ3) is 2.71. The summed E-state index contributed by atoms with van der Waals surface area (Å²) in [5.41, 5.74) is 2.66. The maximum Gasteiger partial charge on any atom is 0.268 e. The highest BCUT2D eigenvalue weighted by Gasteiger charge is 2.26. The van der Waals surface area contributed by atoms with E-state index in [-0.39, 0.29) is 36.0 Å². The molecule has 0 bridgehead atoms. The molecule has 0 aliphatic carbocycles. The average Bonchev–Trinajstić information content (AvgIpc) is 2.94. The number of benzene rings is 1. The first-order valence-corrected chi connectivity index (χ1v) is 8.03. The van der Waals surface area contributed by atoms with Gasteiger partial charge in [-0.15, -0.1) is 0 Å². The number of rotatable bonds is 3. The van der Waals surface area contributed by atoms with Crippen LogP contribution in [0.15, 0.2) is 42.7 Å². The number of Topliss-reactive ketones (excluding diaryl/α,β-unsaturated/α-hetero) is 2. The Morgan fingerprint density at radius 3 is 2.88 bits per heavy atom. The van der Waals surface area contributed by atoms with Crippen molar-refractivity contribution in [3.8, 4) is 0 Å². The van der Waals surface area contributed by atoms with E-state index in [0.717, 1.165) is 5.56 Å². The highest BCUT2D eigenvalue weighted by atomic mass is 16.2. The SMILES string of the molecule is O=C(Cc1cccnc1)c1ccc2[nH]c3c(c2c1)C(=O)CCNC3=O. The maximum absolute atomic E-state index is 12.6. The smallest absolute Gasteiger partial charge is 0.268 e. The van der Waals surface area contributed by atoms with E-state index in [1.165, 1.54) is 0 Å². The lowest BCUT2D eigenvalue weighted by Gasteiger charge is -2.03. The van der Waals surface area contributed by atoms with Gasteiger partial charge in [-0.1, -0.05) is 6.07 Å². The van der Waals surface area contributed by atoms with Crippen LogP contribution in [0.25, 0.3) is 10.9 Å². The molecule has 3 heterocycles. The number of hydrogen-bond donors (Lipinski definition) is 2. The molecular formula is C19H15N3O3. The summed E-state index contributed by atoms with van der Waals surface area (Å²) in [6, 6.07) is 8.77. The quantitative estimate of drug-likeness (QED) is 0.720. The summed E-state index contributed by atoms with van der Waals surface area (Å²) in [6.07, 6.45) is 3.80. The van der Waals surface area contributed by atoms with Gasteiger partial charge >= 0.3 is 0 Å². The topological polar surface area (TPSA) is 91.9 Å². The summed E-state index contributed by atoms with van der Waals surface area (Å²) in [7, 11) is 0. The summed E-state index contributed by atoms with van der Waals surface area (Å²) in [5, 5.41) is 3.32. The Kier molecular flexibility index (Phi) is 3.65. The second-order valence-corrected chi connectivity index (χ2v) is 6.03. The van der Waals surface area contributed by atoms with Gasteiger partial charge in [0.15, 0.2) is 11.6 Å². The lowest BCUT2D eigenvalue weighted by atomic mass is 9.99. The standard InChI is InChI=1S/C19H15N3O3/c23-15-5-7-21-19(25)18-17(15)13-9-12(3-4-14(13)22-18)16(24)8-11-2-1-6-20-10-11/h1-4,6,9-10,22H,5,7-8H2,(H,21,25). The van der Waals surface area contributed by atoms with Crippen LogP contribution in [0.1, 0.15) is 43.2 Å². The first-order chi connectivity index (χ1) is 12.1. The molecule has 0 fully saturated rings. The van der Waals surface area contributed by atoms with Crippen molar-refractivity contribution in [2.24, 2.45) is 0 Å². The molecule has 3 aromatic rings. The minimum atomic E-state index is -0.291. The highest BCUT2D eigenvalue weighted by Crippen LogP contribution is 2.27. The zero-order valence-corrected chi connectivity index (χ0v) is 13.3. The normalized spacial score (nSPS) is 14.1. The summed E-state index contributed by atoms with van der Waals surface area (Å²) >= 11 is 0. The fourth-order valence-electron chi connectivity index (χ4n) is 3.12. The van der Waals surface area contributed by atoms with Gasteiger partial charge < -0.3 is 10.3 Å². The first kappa shape index (κ1) is 15.3. The molecule has 25 heavy (non-hydrogen) atoms. The third-order valence-corrected chi connectivity index (χ3v) is 4.35. The lowest BCUT2D eigenvalue weighted by molar-refractivity contribution is 0.0950. The Morgan fingerprint density at radius 1 is 1.20 bits per heavy atom. The summed E-state index contributed by atoms with van der Waals surface area (Å²) < 4.78 is 0. The van der Waals surface area contributed by atoms with Gasteiger partial charge in [-0.25, -0.2) is 0 Å². The molecule has 4 rings (SSSR count). The molecular weight excluding hydrogens is 318 g/mol. The van der Waals surface area contributed by atoms with E-state index in [1.54, 1.807) is 36.7 Å². The first-order valence-electron chi connectivity index (χ1n) is 8.03. The predicted octanol–water partition coefficient (Wildman–Crippen LogP) is 2.30. The van der Waals surface area contributed by atoms with Crippen molar-refractivity contribution in [2.45, 2.75) is 12.8 Å².